The van der Waals surface area contributed by atoms with Gasteiger partial charge in [0.1, 0.15) is 49.3 Å². The average molecular weight is 552 g/mol. The lowest BCUT2D eigenvalue weighted by Gasteiger charge is -2.49. The number of fused-ring (bicyclic) bond motifs is 2. The highest BCUT2D eigenvalue weighted by Crippen LogP contribution is 2.40. The van der Waals surface area contributed by atoms with Crippen molar-refractivity contribution in [3.05, 3.63) is 40.7 Å². The minimum Gasteiger partial charge on any atom is -0.477 e. The van der Waals surface area contributed by atoms with E-state index in [-0.39, 0.29) is 35.5 Å². The van der Waals surface area contributed by atoms with E-state index < -0.39 is 29.2 Å². The zero-order valence-electron chi connectivity index (χ0n) is 18.5. The summed E-state index contributed by atoms with van der Waals surface area (Å²) >= 11 is 3.68. The molecule has 0 unspecified atom stereocenters. The number of rotatable bonds is 8. The number of aliphatic carboxylic acids is 1. The first-order chi connectivity index (χ1) is 17.3. The molecular weight excluding hydrogens is 532 g/mol. The molecule has 5 rings (SSSR count). The van der Waals surface area contributed by atoms with Crippen LogP contribution in [0.25, 0.3) is 4.83 Å². The number of oxime groups is 1. The first-order valence-corrected chi connectivity index (χ1v) is 13.0. The van der Waals surface area contributed by atoms with Gasteiger partial charge in [-0.05, 0) is 0 Å². The summed E-state index contributed by atoms with van der Waals surface area (Å²) in [5, 5.41) is 27.0. The molecule has 0 aromatic carbocycles. The molecule has 0 radical (unpaired) electrons. The van der Waals surface area contributed by atoms with Gasteiger partial charge < -0.3 is 26.1 Å². The highest BCUT2D eigenvalue weighted by atomic mass is 32.2. The Balaban J connectivity index is 1.35. The summed E-state index contributed by atoms with van der Waals surface area (Å²) < 4.78 is 7.59. The molecular formula is C19H19N8O6S3+. The number of carbonyl (C=O) groups is 3. The van der Waals surface area contributed by atoms with Crippen molar-refractivity contribution in [2.75, 3.05) is 18.6 Å². The number of aliphatic hydroxyl groups is 1. The fourth-order valence-electron chi connectivity index (χ4n) is 3.97. The first-order valence-electron chi connectivity index (χ1n) is 10.3. The monoisotopic (exact) mass is 551 g/mol. The maximum atomic E-state index is 13.0. The molecule has 0 spiro atoms. The van der Waals surface area contributed by atoms with Gasteiger partial charge in [0.2, 0.25) is 22.7 Å². The Hall–Kier alpha value is -3.54. The van der Waals surface area contributed by atoms with E-state index >= 15 is 0 Å². The van der Waals surface area contributed by atoms with Gasteiger partial charge in [0.15, 0.2) is 5.13 Å². The lowest BCUT2D eigenvalue weighted by molar-refractivity contribution is -0.687. The quantitative estimate of drug-likeness (QED) is 0.117. The Bertz CT molecular complexity index is 1440. The Morgan fingerprint density at radius 2 is 2.25 bits per heavy atom. The van der Waals surface area contributed by atoms with Crippen LogP contribution in [0.15, 0.2) is 34.3 Å². The van der Waals surface area contributed by atoms with Crippen molar-refractivity contribution in [2.45, 2.75) is 24.6 Å². The van der Waals surface area contributed by atoms with E-state index in [9.17, 15) is 24.6 Å². The van der Waals surface area contributed by atoms with Crippen LogP contribution in [0.5, 0.6) is 0 Å². The van der Waals surface area contributed by atoms with E-state index in [1.165, 1.54) is 35.1 Å². The van der Waals surface area contributed by atoms with E-state index in [1.54, 1.807) is 6.33 Å². The smallest absolute Gasteiger partial charge is 0.352 e. The minimum absolute atomic E-state index is 0.0426. The number of amides is 2. The second kappa shape index (κ2) is 9.49. The number of thioether (sulfide) groups is 1. The van der Waals surface area contributed by atoms with Crippen molar-refractivity contribution in [1.82, 2.24) is 24.0 Å². The summed E-state index contributed by atoms with van der Waals surface area (Å²) in [6, 6.07) is -0.962. The van der Waals surface area contributed by atoms with E-state index in [0.29, 0.717) is 11.3 Å². The molecule has 2 amide bonds. The molecule has 14 nitrogen and oxygen atoms in total. The second-order valence-electron chi connectivity index (χ2n) is 7.71. The predicted molar refractivity (Wildman–Crippen MR) is 129 cm³/mol. The van der Waals surface area contributed by atoms with Crippen LogP contribution in [0.3, 0.4) is 0 Å². The lowest BCUT2D eigenvalue weighted by atomic mass is 10.0. The van der Waals surface area contributed by atoms with Gasteiger partial charge >= 0.3 is 5.97 Å². The maximum Gasteiger partial charge on any atom is 0.352 e. The van der Waals surface area contributed by atoms with Gasteiger partial charge in [0.05, 0.1) is 0 Å². The molecule has 17 heteroatoms. The van der Waals surface area contributed by atoms with Crippen molar-refractivity contribution in [3.63, 3.8) is 0 Å². The summed E-state index contributed by atoms with van der Waals surface area (Å²) in [5.74, 6) is -2.23. The van der Waals surface area contributed by atoms with Crippen molar-refractivity contribution < 1.29 is 34.0 Å². The van der Waals surface area contributed by atoms with Gasteiger partial charge in [-0.15, -0.1) is 11.8 Å². The number of nitrogen functional groups attached to an aromatic ring is 1. The maximum absolute atomic E-state index is 13.0. The van der Waals surface area contributed by atoms with Crippen molar-refractivity contribution in [2.24, 2.45) is 5.16 Å². The number of carboxylic acids is 1. The molecule has 5 heterocycles. The number of carboxylic acid groups (broad SMARTS) is 1. The molecule has 0 saturated carbocycles. The molecule has 2 aliphatic rings. The Morgan fingerprint density at radius 1 is 1.44 bits per heavy atom. The van der Waals surface area contributed by atoms with Gasteiger partial charge in [-0.2, -0.15) is 13.8 Å². The Morgan fingerprint density at radius 3 is 2.92 bits per heavy atom. The molecule has 3 aromatic heterocycles. The summed E-state index contributed by atoms with van der Waals surface area (Å²) in [5.41, 5.74) is 6.51. The highest BCUT2D eigenvalue weighted by Gasteiger charge is 2.54. The normalized spacial score (nSPS) is 19.9. The molecule has 188 valence electrons. The molecule has 0 bridgehead atoms. The van der Waals surface area contributed by atoms with Crippen molar-refractivity contribution in [3.8, 4) is 0 Å². The van der Waals surface area contributed by atoms with Crippen molar-refractivity contribution >= 4 is 68.1 Å². The topological polar surface area (TPSA) is 189 Å². The summed E-state index contributed by atoms with van der Waals surface area (Å²) in [6.45, 7) is 0.135. The molecule has 1 saturated heterocycles. The van der Waals surface area contributed by atoms with E-state index in [4.69, 9.17) is 10.6 Å². The number of nitrogens with one attached hydrogen (secondary N) is 1. The standard InChI is InChI=1S/C19H18N8O6S3/c1-33-23-11(14-22-19(20)36-24-14)15(29)21-12-16(30)27-13(18(31)32)8(5-35-17(12)27)2-25-3-10-26(7-25)9(4-28)6-34-10/h3,6-7,12,17,28H,2,4-5H2,1H3,(H3-,20,21,22,24,29,31,32)/p+1/b23-11-/t12-,17-/m1/s1. The third-order valence-electron chi connectivity index (χ3n) is 5.53. The number of hydrogen-bond acceptors (Lipinski definition) is 12. The first kappa shape index (κ1) is 24.2. The molecule has 2 atom stereocenters. The molecule has 3 aromatic rings. The zero-order valence-corrected chi connectivity index (χ0v) is 21.0. The number of hydrogen-bond donors (Lipinski definition) is 4. The SMILES string of the molecule is CO/N=C(\C(=O)N[C@@H]1C(=O)N2C(C(=O)O)=C(C[n+]3cc4scc(CO)n4c3)CS[C@H]12)c1nsc(N)n1. The second-order valence-corrected chi connectivity index (χ2v) is 10.5. The number of β-lactam (4-membered cyclic amide) rings is 1. The zero-order chi connectivity index (χ0) is 25.6. The number of aromatic nitrogens is 4. The van der Waals surface area contributed by atoms with Crippen LogP contribution < -0.4 is 15.6 Å². The lowest BCUT2D eigenvalue weighted by Crippen LogP contribution is -2.71. The van der Waals surface area contributed by atoms with Crippen LogP contribution in [0.1, 0.15) is 11.5 Å². The Labute approximate surface area is 214 Å². The summed E-state index contributed by atoms with van der Waals surface area (Å²) in [6.07, 6.45) is 3.63. The molecule has 1 fully saturated rings. The van der Waals surface area contributed by atoms with Gasteiger partial charge in [0, 0.05) is 28.2 Å². The predicted octanol–water partition coefficient (Wildman–Crippen LogP) is -0.996. The van der Waals surface area contributed by atoms with Crippen LogP contribution in [-0.4, -0.2) is 76.6 Å². The fraction of sp³-hybridized carbons (Fsp3) is 0.316. The average Bonchev–Trinajstić information content (AvgIpc) is 3.56. The number of thiazole rings is 1. The number of anilines is 1. The van der Waals surface area contributed by atoms with Crippen molar-refractivity contribution in [1.29, 1.82) is 0 Å². The third kappa shape index (κ3) is 4.08. The minimum atomic E-state index is -1.23. The molecule has 36 heavy (non-hydrogen) atoms. The number of aliphatic hydroxyl groups excluding tert-OH is 1. The van der Waals surface area contributed by atoms with Gasteiger partial charge in [0.25, 0.3) is 11.8 Å². The molecule has 0 aliphatic carbocycles. The fourth-order valence-corrected chi connectivity index (χ4v) is 6.66. The van der Waals surface area contributed by atoms with Gasteiger partial charge in [-0.1, -0.05) is 16.5 Å². The van der Waals surface area contributed by atoms with Crippen LogP contribution in [0.4, 0.5) is 5.13 Å². The van der Waals surface area contributed by atoms with Gasteiger partial charge in [-0.3, -0.25) is 14.5 Å². The number of nitrogens with zero attached hydrogens (tertiary/aromatic N) is 6. The van der Waals surface area contributed by atoms with Crippen LogP contribution in [0.2, 0.25) is 0 Å². The van der Waals surface area contributed by atoms with Crippen LogP contribution >= 0.6 is 34.6 Å². The Kier molecular flexibility index (Phi) is 6.37. The molecule has 2 aliphatic heterocycles. The summed E-state index contributed by atoms with van der Waals surface area (Å²) in [4.78, 5) is 48.7. The number of imidazole rings is 1. The highest BCUT2D eigenvalue weighted by molar-refractivity contribution is 8.00. The number of nitrogens with two attached hydrogens (primary N) is 1. The van der Waals surface area contributed by atoms with E-state index in [1.807, 2.05) is 20.5 Å². The largest absolute Gasteiger partial charge is 0.477 e. The summed E-state index contributed by atoms with van der Waals surface area (Å²) in [7, 11) is 1.25. The van der Waals surface area contributed by atoms with Gasteiger partial charge in [-0.25, -0.2) is 9.36 Å². The molecule has 5 N–H and O–H groups in total. The van der Waals surface area contributed by atoms with E-state index in [2.05, 4.69) is 19.8 Å². The van der Waals surface area contributed by atoms with Crippen LogP contribution in [-0.2, 0) is 32.4 Å². The van der Waals surface area contributed by atoms with Crippen LogP contribution in [0, 0.1) is 0 Å². The van der Waals surface area contributed by atoms with E-state index in [0.717, 1.165) is 22.1 Å². The number of carbonyl (C=O) groups excluding carboxylic acids is 2. The third-order valence-corrected chi connectivity index (χ3v) is 8.34.